The summed E-state index contributed by atoms with van der Waals surface area (Å²) < 4.78 is 4.82. The number of hydrogen-bond acceptors (Lipinski definition) is 4. The lowest BCUT2D eigenvalue weighted by molar-refractivity contribution is 0.0524. The number of fused-ring (bicyclic) bond motifs is 1. The fourth-order valence-corrected chi connectivity index (χ4v) is 1.66. The van der Waals surface area contributed by atoms with Gasteiger partial charge in [0, 0.05) is 12.4 Å². The van der Waals surface area contributed by atoms with Crippen LogP contribution < -0.4 is 5.43 Å². The van der Waals surface area contributed by atoms with E-state index in [0.717, 1.165) is 5.56 Å². The zero-order valence-electron chi connectivity index (χ0n) is 9.61. The summed E-state index contributed by atoms with van der Waals surface area (Å²) in [4.78, 5) is 30.5. The Morgan fingerprint density at radius 1 is 1.53 bits per heavy atom. The number of aromatic nitrogens is 2. The summed E-state index contributed by atoms with van der Waals surface area (Å²) in [6, 6.07) is 1.73. The predicted octanol–water partition coefficient (Wildman–Crippen LogP) is 1.41. The maximum absolute atomic E-state index is 12.1. The van der Waals surface area contributed by atoms with Crippen LogP contribution in [0.15, 0.2) is 23.3 Å². The van der Waals surface area contributed by atoms with Crippen LogP contribution in [0.2, 0.25) is 0 Å². The molecule has 0 radical (unpaired) electrons. The van der Waals surface area contributed by atoms with E-state index in [-0.39, 0.29) is 17.6 Å². The molecule has 17 heavy (non-hydrogen) atoms. The lowest BCUT2D eigenvalue weighted by Crippen LogP contribution is -2.19. The molecule has 0 atom stereocenters. The van der Waals surface area contributed by atoms with E-state index in [1.54, 1.807) is 26.1 Å². The highest BCUT2D eigenvalue weighted by Crippen LogP contribution is 2.10. The fourth-order valence-electron chi connectivity index (χ4n) is 1.66. The molecule has 0 unspecified atom stereocenters. The molecule has 5 heteroatoms. The second-order valence-electron chi connectivity index (χ2n) is 3.60. The van der Waals surface area contributed by atoms with Crippen LogP contribution >= 0.6 is 0 Å². The van der Waals surface area contributed by atoms with Crippen LogP contribution in [0.5, 0.6) is 0 Å². The Labute approximate surface area is 97.4 Å². The SMILES string of the molecule is CCOC(=O)c1c[nH]c2nccc(C)c2c1=O. The number of esters is 1. The van der Waals surface area contributed by atoms with Crippen LogP contribution in [0.1, 0.15) is 22.8 Å². The van der Waals surface area contributed by atoms with Crippen molar-refractivity contribution in [3.05, 3.63) is 39.8 Å². The molecule has 0 aliphatic carbocycles. The number of aromatic amines is 1. The Hall–Kier alpha value is -2.17. The van der Waals surface area contributed by atoms with Gasteiger partial charge in [-0.05, 0) is 25.5 Å². The van der Waals surface area contributed by atoms with Crippen LogP contribution in [-0.2, 0) is 4.74 Å². The number of nitrogens with one attached hydrogen (secondary N) is 1. The first-order valence-corrected chi connectivity index (χ1v) is 5.29. The molecule has 88 valence electrons. The lowest BCUT2D eigenvalue weighted by atomic mass is 10.1. The smallest absolute Gasteiger partial charge is 0.343 e. The van der Waals surface area contributed by atoms with Crippen molar-refractivity contribution in [3.63, 3.8) is 0 Å². The minimum Gasteiger partial charge on any atom is -0.462 e. The van der Waals surface area contributed by atoms with Gasteiger partial charge in [0.1, 0.15) is 11.2 Å². The summed E-state index contributed by atoms with van der Waals surface area (Å²) >= 11 is 0. The average Bonchev–Trinajstić information content (AvgIpc) is 2.29. The summed E-state index contributed by atoms with van der Waals surface area (Å²) in [6.07, 6.45) is 2.95. The van der Waals surface area contributed by atoms with Crippen LogP contribution in [-0.4, -0.2) is 22.5 Å². The molecule has 0 saturated carbocycles. The van der Waals surface area contributed by atoms with Gasteiger partial charge in [0.15, 0.2) is 0 Å². The minimum absolute atomic E-state index is 0.00968. The van der Waals surface area contributed by atoms with E-state index in [1.807, 2.05) is 0 Å². The number of carbonyl (C=O) groups excluding carboxylic acids is 1. The van der Waals surface area contributed by atoms with Gasteiger partial charge < -0.3 is 9.72 Å². The number of nitrogens with zero attached hydrogens (tertiary/aromatic N) is 1. The van der Waals surface area contributed by atoms with Gasteiger partial charge in [0.25, 0.3) is 0 Å². The summed E-state index contributed by atoms with van der Waals surface area (Å²) in [7, 11) is 0. The Kier molecular flexibility index (Phi) is 2.91. The van der Waals surface area contributed by atoms with Gasteiger partial charge in [-0.1, -0.05) is 0 Å². The monoisotopic (exact) mass is 232 g/mol. The molecule has 0 aromatic carbocycles. The third kappa shape index (κ3) is 1.91. The van der Waals surface area contributed by atoms with Crippen molar-refractivity contribution in [1.82, 2.24) is 9.97 Å². The number of ether oxygens (including phenoxy) is 1. The lowest BCUT2D eigenvalue weighted by Gasteiger charge is -2.04. The van der Waals surface area contributed by atoms with Crippen molar-refractivity contribution in [3.8, 4) is 0 Å². The van der Waals surface area contributed by atoms with Crippen molar-refractivity contribution in [2.45, 2.75) is 13.8 Å². The number of aryl methyl sites for hydroxylation is 1. The van der Waals surface area contributed by atoms with Gasteiger partial charge in [-0.2, -0.15) is 0 Å². The molecule has 2 aromatic heterocycles. The molecule has 0 amide bonds. The quantitative estimate of drug-likeness (QED) is 0.794. The van der Waals surface area contributed by atoms with Crippen LogP contribution in [0.4, 0.5) is 0 Å². The second-order valence-corrected chi connectivity index (χ2v) is 3.60. The predicted molar refractivity (Wildman–Crippen MR) is 63.1 cm³/mol. The topological polar surface area (TPSA) is 72.1 Å². The summed E-state index contributed by atoms with van der Waals surface area (Å²) in [5, 5.41) is 0.429. The second kappa shape index (κ2) is 4.37. The number of H-pyrrole nitrogens is 1. The van der Waals surface area contributed by atoms with E-state index in [0.29, 0.717) is 11.0 Å². The molecule has 0 aliphatic rings. The van der Waals surface area contributed by atoms with Gasteiger partial charge in [-0.3, -0.25) is 4.79 Å². The van der Waals surface area contributed by atoms with E-state index >= 15 is 0 Å². The zero-order valence-corrected chi connectivity index (χ0v) is 9.61. The first-order chi connectivity index (χ1) is 8.15. The van der Waals surface area contributed by atoms with E-state index < -0.39 is 5.97 Å². The highest BCUT2D eigenvalue weighted by molar-refractivity contribution is 5.93. The molecule has 0 saturated heterocycles. The number of pyridine rings is 2. The van der Waals surface area contributed by atoms with Crippen molar-refractivity contribution < 1.29 is 9.53 Å². The Bertz CT molecular complexity index is 631. The zero-order chi connectivity index (χ0) is 12.4. The van der Waals surface area contributed by atoms with E-state index in [4.69, 9.17) is 4.74 Å². The molecule has 0 spiro atoms. The average molecular weight is 232 g/mol. The van der Waals surface area contributed by atoms with Gasteiger partial charge in [-0.15, -0.1) is 0 Å². The van der Waals surface area contributed by atoms with E-state index in [9.17, 15) is 9.59 Å². The van der Waals surface area contributed by atoms with Gasteiger partial charge in [-0.25, -0.2) is 9.78 Å². The third-order valence-corrected chi connectivity index (χ3v) is 2.48. The molecular weight excluding hydrogens is 220 g/mol. The van der Waals surface area contributed by atoms with Gasteiger partial charge in [0.05, 0.1) is 12.0 Å². The molecule has 0 aliphatic heterocycles. The van der Waals surface area contributed by atoms with Gasteiger partial charge in [0.2, 0.25) is 5.43 Å². The van der Waals surface area contributed by atoms with Crippen molar-refractivity contribution in [2.75, 3.05) is 6.61 Å². The third-order valence-electron chi connectivity index (χ3n) is 2.48. The maximum atomic E-state index is 12.1. The van der Waals surface area contributed by atoms with Crippen LogP contribution in [0.3, 0.4) is 0 Å². The number of hydrogen-bond donors (Lipinski definition) is 1. The summed E-state index contributed by atoms with van der Waals surface area (Å²) in [6.45, 7) is 3.73. The molecule has 1 N–H and O–H groups in total. The first-order valence-electron chi connectivity index (χ1n) is 5.29. The van der Waals surface area contributed by atoms with Gasteiger partial charge >= 0.3 is 5.97 Å². The van der Waals surface area contributed by atoms with Crippen molar-refractivity contribution in [1.29, 1.82) is 0 Å². The highest BCUT2D eigenvalue weighted by Gasteiger charge is 2.15. The molecule has 0 fully saturated rings. The fraction of sp³-hybridized carbons (Fsp3) is 0.250. The Morgan fingerprint density at radius 2 is 2.29 bits per heavy atom. The standard InChI is InChI=1S/C12H12N2O3/c1-3-17-12(16)8-6-14-11-9(10(8)15)7(2)4-5-13-11/h4-6H,3H2,1-2H3,(H,13,14,15). The van der Waals surface area contributed by atoms with Crippen molar-refractivity contribution in [2.24, 2.45) is 0 Å². The summed E-state index contributed by atoms with van der Waals surface area (Å²) in [5.41, 5.74) is 0.920. The molecule has 2 aromatic rings. The van der Waals surface area contributed by atoms with E-state index in [1.165, 1.54) is 6.20 Å². The first kappa shape index (κ1) is 11.3. The Balaban J connectivity index is 2.69. The van der Waals surface area contributed by atoms with Crippen LogP contribution in [0.25, 0.3) is 11.0 Å². The highest BCUT2D eigenvalue weighted by atomic mass is 16.5. The number of rotatable bonds is 2. The number of carbonyl (C=O) groups is 1. The molecule has 5 nitrogen and oxygen atoms in total. The molecule has 2 heterocycles. The van der Waals surface area contributed by atoms with Crippen molar-refractivity contribution >= 4 is 17.0 Å². The largest absolute Gasteiger partial charge is 0.462 e. The van der Waals surface area contributed by atoms with E-state index in [2.05, 4.69) is 9.97 Å². The Morgan fingerprint density at radius 3 is 3.00 bits per heavy atom. The molecule has 2 rings (SSSR count). The molecular formula is C12H12N2O3. The normalized spacial score (nSPS) is 10.5. The molecule has 0 bridgehead atoms. The minimum atomic E-state index is -0.612. The summed E-state index contributed by atoms with van der Waals surface area (Å²) in [5.74, 6) is -0.612. The van der Waals surface area contributed by atoms with Crippen LogP contribution in [0, 0.1) is 6.92 Å². The maximum Gasteiger partial charge on any atom is 0.343 e.